The van der Waals surface area contributed by atoms with E-state index in [1.807, 2.05) is 0 Å². The Bertz CT molecular complexity index is 734. The molecular formula is C16H13F2NO4. The average molecular weight is 321 g/mol. The van der Waals surface area contributed by atoms with Crippen molar-refractivity contribution in [3.63, 3.8) is 0 Å². The van der Waals surface area contributed by atoms with Gasteiger partial charge in [-0.25, -0.2) is 8.78 Å². The Balaban J connectivity index is 1.98. The summed E-state index contributed by atoms with van der Waals surface area (Å²) >= 11 is 0. The molecule has 2 aromatic rings. The number of benzene rings is 2. The molecule has 0 bridgehead atoms. The third kappa shape index (κ3) is 4.26. The van der Waals surface area contributed by atoms with Gasteiger partial charge in [0.15, 0.2) is 24.5 Å². The van der Waals surface area contributed by atoms with Crippen LogP contribution in [0.2, 0.25) is 0 Å². The molecular weight excluding hydrogens is 308 g/mol. The van der Waals surface area contributed by atoms with Crippen LogP contribution in [-0.4, -0.2) is 25.9 Å². The van der Waals surface area contributed by atoms with Crippen molar-refractivity contribution in [3.8, 4) is 11.5 Å². The first kappa shape index (κ1) is 16.4. The first-order valence-corrected chi connectivity index (χ1v) is 6.54. The summed E-state index contributed by atoms with van der Waals surface area (Å²) in [7, 11) is 1.46. The number of hydrogen-bond acceptors (Lipinski definition) is 4. The molecule has 23 heavy (non-hydrogen) atoms. The summed E-state index contributed by atoms with van der Waals surface area (Å²) in [6, 6.07) is 7.52. The fraction of sp³-hybridized carbons (Fsp3) is 0.125. The van der Waals surface area contributed by atoms with Gasteiger partial charge in [-0.05, 0) is 30.3 Å². The van der Waals surface area contributed by atoms with Crippen molar-refractivity contribution in [2.75, 3.05) is 19.0 Å². The summed E-state index contributed by atoms with van der Waals surface area (Å²) in [6.45, 7) is -0.397. The Kier molecular flexibility index (Phi) is 5.24. The van der Waals surface area contributed by atoms with E-state index in [1.165, 1.54) is 25.3 Å². The number of anilines is 1. The predicted octanol–water partition coefficient (Wildman–Crippen LogP) is 2.80. The van der Waals surface area contributed by atoms with E-state index in [1.54, 1.807) is 6.07 Å². The largest absolute Gasteiger partial charge is 0.497 e. The molecule has 5 nitrogen and oxygen atoms in total. The Morgan fingerprint density at radius 3 is 2.61 bits per heavy atom. The number of aldehydes is 1. The molecule has 0 aliphatic rings. The SMILES string of the molecule is COc1ccc(OCC(=O)Nc2ccc(F)c(F)c2)c(C=O)c1. The van der Waals surface area contributed by atoms with Crippen LogP contribution in [-0.2, 0) is 4.79 Å². The molecule has 0 saturated carbocycles. The van der Waals surface area contributed by atoms with Gasteiger partial charge in [-0.1, -0.05) is 0 Å². The van der Waals surface area contributed by atoms with Crippen molar-refractivity contribution in [2.45, 2.75) is 0 Å². The number of carbonyl (C=O) groups excluding carboxylic acids is 2. The molecule has 0 saturated heterocycles. The van der Waals surface area contributed by atoms with E-state index in [9.17, 15) is 18.4 Å². The highest BCUT2D eigenvalue weighted by Gasteiger charge is 2.10. The Morgan fingerprint density at radius 1 is 1.17 bits per heavy atom. The zero-order valence-electron chi connectivity index (χ0n) is 12.1. The molecule has 2 aromatic carbocycles. The minimum Gasteiger partial charge on any atom is -0.497 e. The summed E-state index contributed by atoms with van der Waals surface area (Å²) < 4.78 is 36.1. The summed E-state index contributed by atoms with van der Waals surface area (Å²) in [5.41, 5.74) is 0.327. The maximum absolute atomic E-state index is 13.0. The number of hydrogen-bond donors (Lipinski definition) is 1. The second-order valence-electron chi connectivity index (χ2n) is 4.49. The molecule has 0 aliphatic carbocycles. The van der Waals surface area contributed by atoms with Crippen LogP contribution in [0, 0.1) is 11.6 Å². The summed E-state index contributed by atoms with van der Waals surface area (Å²) in [6.07, 6.45) is 0.575. The number of methoxy groups -OCH3 is 1. The van der Waals surface area contributed by atoms with Gasteiger partial charge in [0.1, 0.15) is 11.5 Å². The van der Waals surface area contributed by atoms with Gasteiger partial charge in [-0.15, -0.1) is 0 Å². The number of nitrogens with one attached hydrogen (secondary N) is 1. The van der Waals surface area contributed by atoms with Gasteiger partial charge < -0.3 is 14.8 Å². The first-order chi connectivity index (χ1) is 11.0. The number of ether oxygens (including phenoxy) is 2. The van der Waals surface area contributed by atoms with E-state index in [-0.39, 0.29) is 17.0 Å². The van der Waals surface area contributed by atoms with E-state index in [2.05, 4.69) is 5.32 Å². The molecule has 7 heteroatoms. The van der Waals surface area contributed by atoms with Gasteiger partial charge in [0.25, 0.3) is 5.91 Å². The van der Waals surface area contributed by atoms with Crippen LogP contribution in [0.5, 0.6) is 11.5 Å². The number of rotatable bonds is 6. The highest BCUT2D eigenvalue weighted by atomic mass is 19.2. The lowest BCUT2D eigenvalue weighted by atomic mass is 10.2. The lowest BCUT2D eigenvalue weighted by Crippen LogP contribution is -2.20. The number of halogens is 2. The van der Waals surface area contributed by atoms with Crippen LogP contribution in [0.1, 0.15) is 10.4 Å². The quantitative estimate of drug-likeness (QED) is 0.831. The third-order valence-corrected chi connectivity index (χ3v) is 2.91. The van der Waals surface area contributed by atoms with Crippen LogP contribution < -0.4 is 14.8 Å². The van der Waals surface area contributed by atoms with Crippen LogP contribution in [0.25, 0.3) is 0 Å². The second-order valence-corrected chi connectivity index (χ2v) is 4.49. The molecule has 0 spiro atoms. The zero-order chi connectivity index (χ0) is 16.8. The minimum atomic E-state index is -1.07. The van der Waals surface area contributed by atoms with E-state index in [4.69, 9.17) is 9.47 Å². The maximum atomic E-state index is 13.0. The van der Waals surface area contributed by atoms with Gasteiger partial charge in [0, 0.05) is 11.8 Å². The third-order valence-electron chi connectivity index (χ3n) is 2.91. The van der Waals surface area contributed by atoms with Crippen LogP contribution in [0.15, 0.2) is 36.4 Å². The standard InChI is InChI=1S/C16H13F2NO4/c1-22-12-3-5-15(10(6-12)8-20)23-9-16(21)19-11-2-4-13(17)14(18)7-11/h2-8H,9H2,1H3,(H,19,21). The highest BCUT2D eigenvalue weighted by molar-refractivity contribution is 5.92. The number of amides is 1. The molecule has 0 aromatic heterocycles. The molecule has 0 radical (unpaired) electrons. The Labute approximate surface area is 130 Å². The fourth-order valence-corrected chi connectivity index (χ4v) is 1.79. The molecule has 1 N–H and O–H groups in total. The summed E-state index contributed by atoms with van der Waals surface area (Å²) in [5.74, 6) is -1.97. The van der Waals surface area contributed by atoms with Crippen LogP contribution in [0.4, 0.5) is 14.5 Å². The summed E-state index contributed by atoms with van der Waals surface area (Å²) in [5, 5.41) is 2.36. The topological polar surface area (TPSA) is 64.6 Å². The van der Waals surface area contributed by atoms with E-state index < -0.39 is 24.1 Å². The highest BCUT2D eigenvalue weighted by Crippen LogP contribution is 2.22. The first-order valence-electron chi connectivity index (χ1n) is 6.54. The molecule has 1 amide bonds. The molecule has 0 aliphatic heterocycles. The molecule has 2 rings (SSSR count). The fourth-order valence-electron chi connectivity index (χ4n) is 1.79. The molecule has 120 valence electrons. The Morgan fingerprint density at radius 2 is 1.96 bits per heavy atom. The zero-order valence-corrected chi connectivity index (χ0v) is 12.1. The van der Waals surface area contributed by atoms with Crippen molar-refractivity contribution in [2.24, 2.45) is 0 Å². The predicted molar refractivity (Wildman–Crippen MR) is 78.9 cm³/mol. The van der Waals surface area contributed by atoms with E-state index in [0.29, 0.717) is 12.0 Å². The number of carbonyl (C=O) groups is 2. The van der Waals surface area contributed by atoms with Gasteiger partial charge in [-0.3, -0.25) is 9.59 Å². The van der Waals surface area contributed by atoms with Gasteiger partial charge >= 0.3 is 0 Å². The normalized spacial score (nSPS) is 10.0. The summed E-state index contributed by atoms with van der Waals surface area (Å²) in [4.78, 5) is 22.7. The molecule has 0 unspecified atom stereocenters. The van der Waals surface area contributed by atoms with Crippen molar-refractivity contribution < 1.29 is 27.8 Å². The van der Waals surface area contributed by atoms with Gasteiger partial charge in [0.05, 0.1) is 12.7 Å². The van der Waals surface area contributed by atoms with E-state index in [0.717, 1.165) is 12.1 Å². The minimum absolute atomic E-state index is 0.0999. The van der Waals surface area contributed by atoms with E-state index >= 15 is 0 Å². The monoisotopic (exact) mass is 321 g/mol. The molecule has 0 fully saturated rings. The van der Waals surface area contributed by atoms with Crippen molar-refractivity contribution in [1.29, 1.82) is 0 Å². The second kappa shape index (κ2) is 7.35. The van der Waals surface area contributed by atoms with Crippen LogP contribution >= 0.6 is 0 Å². The Hall–Kier alpha value is -2.96. The van der Waals surface area contributed by atoms with Gasteiger partial charge in [0.2, 0.25) is 0 Å². The smallest absolute Gasteiger partial charge is 0.262 e. The molecule has 0 atom stereocenters. The lowest BCUT2D eigenvalue weighted by Gasteiger charge is -2.10. The van der Waals surface area contributed by atoms with Gasteiger partial charge in [-0.2, -0.15) is 0 Å². The van der Waals surface area contributed by atoms with Crippen molar-refractivity contribution in [3.05, 3.63) is 53.6 Å². The average Bonchev–Trinajstić information content (AvgIpc) is 2.56. The van der Waals surface area contributed by atoms with Crippen molar-refractivity contribution >= 4 is 17.9 Å². The lowest BCUT2D eigenvalue weighted by molar-refractivity contribution is -0.118. The maximum Gasteiger partial charge on any atom is 0.262 e. The molecule has 0 heterocycles. The van der Waals surface area contributed by atoms with Crippen LogP contribution in [0.3, 0.4) is 0 Å². The van der Waals surface area contributed by atoms with Crippen molar-refractivity contribution in [1.82, 2.24) is 0 Å².